The molecule has 0 unspecified atom stereocenters. The Kier molecular flexibility index (Phi) is 5.15. The minimum absolute atomic E-state index is 0.103. The van der Waals surface area contributed by atoms with Crippen molar-refractivity contribution in [3.63, 3.8) is 0 Å². The summed E-state index contributed by atoms with van der Waals surface area (Å²) in [6.45, 7) is 2.53. The van der Waals surface area contributed by atoms with Crippen LogP contribution in [0.15, 0.2) is 30.4 Å². The quantitative estimate of drug-likeness (QED) is 0.667. The number of ether oxygens (including phenoxy) is 1. The van der Waals surface area contributed by atoms with Crippen molar-refractivity contribution in [1.29, 1.82) is 0 Å². The van der Waals surface area contributed by atoms with Crippen molar-refractivity contribution in [2.75, 3.05) is 16.8 Å². The molecule has 9 heteroatoms. The van der Waals surface area contributed by atoms with E-state index in [0.29, 0.717) is 0 Å². The monoisotopic (exact) mass is 356 g/mol. The number of carbonyl (C=O) groups excluding carboxylic acids is 3. The molecule has 1 aromatic carbocycles. The van der Waals surface area contributed by atoms with Crippen LogP contribution in [0.25, 0.3) is 0 Å². The van der Waals surface area contributed by atoms with E-state index in [1.807, 2.05) is 0 Å². The van der Waals surface area contributed by atoms with E-state index in [1.165, 1.54) is 13.0 Å². The summed E-state index contributed by atoms with van der Waals surface area (Å²) >= 11 is 0. The summed E-state index contributed by atoms with van der Waals surface area (Å²) < 4.78 is 43.3. The van der Waals surface area contributed by atoms with Gasteiger partial charge in [0.05, 0.1) is 16.9 Å². The lowest BCUT2D eigenvalue weighted by Crippen LogP contribution is -2.47. The lowest BCUT2D eigenvalue weighted by Gasteiger charge is -2.31. The third-order valence-electron chi connectivity index (χ3n) is 3.40. The van der Waals surface area contributed by atoms with Gasteiger partial charge in [-0.25, -0.2) is 4.79 Å². The number of allylic oxidation sites excluding steroid dienone is 1. The van der Waals surface area contributed by atoms with Gasteiger partial charge in [0.2, 0.25) is 5.91 Å². The Balaban J connectivity index is 2.30. The second-order valence-corrected chi connectivity index (χ2v) is 5.28. The van der Waals surface area contributed by atoms with Crippen LogP contribution in [0.5, 0.6) is 0 Å². The number of alkyl halides is 3. The molecular formula is C16H15F3N2O4. The second kappa shape index (κ2) is 6.96. The Morgan fingerprint density at radius 1 is 1.36 bits per heavy atom. The number of amides is 2. The zero-order valence-corrected chi connectivity index (χ0v) is 13.4. The maximum absolute atomic E-state index is 12.8. The van der Waals surface area contributed by atoms with Gasteiger partial charge in [0.25, 0.3) is 5.91 Å². The van der Waals surface area contributed by atoms with Crippen molar-refractivity contribution in [3.8, 4) is 0 Å². The predicted octanol–water partition coefficient (Wildman–Crippen LogP) is 2.50. The molecule has 0 saturated carbocycles. The molecule has 2 rings (SSSR count). The largest absolute Gasteiger partial charge is 0.449 e. The molecule has 2 amide bonds. The van der Waals surface area contributed by atoms with Crippen molar-refractivity contribution < 1.29 is 32.3 Å². The van der Waals surface area contributed by atoms with Crippen molar-refractivity contribution in [2.24, 2.45) is 0 Å². The summed E-state index contributed by atoms with van der Waals surface area (Å²) in [7, 11) is 0. The van der Waals surface area contributed by atoms with E-state index in [2.05, 4.69) is 5.32 Å². The molecule has 0 saturated heterocycles. The van der Waals surface area contributed by atoms with Crippen LogP contribution in [0.3, 0.4) is 0 Å². The van der Waals surface area contributed by atoms with Gasteiger partial charge in [-0.3, -0.25) is 14.5 Å². The Bertz CT molecular complexity index is 743. The molecular weight excluding hydrogens is 341 g/mol. The molecule has 0 bridgehead atoms. The minimum atomic E-state index is -4.58. The first kappa shape index (κ1) is 18.5. The summed E-state index contributed by atoms with van der Waals surface area (Å²) in [6.07, 6.45) is -3.23. The normalized spacial score (nSPS) is 15.6. The van der Waals surface area contributed by atoms with E-state index in [1.54, 1.807) is 6.92 Å². The van der Waals surface area contributed by atoms with Crippen LogP contribution in [-0.2, 0) is 25.3 Å². The highest BCUT2D eigenvalue weighted by molar-refractivity contribution is 6.11. The average molecular weight is 356 g/mol. The van der Waals surface area contributed by atoms with Gasteiger partial charge in [0.15, 0.2) is 6.10 Å². The number of hydrogen-bond acceptors (Lipinski definition) is 4. The molecule has 25 heavy (non-hydrogen) atoms. The number of hydrogen-bond donors (Lipinski definition) is 1. The molecule has 134 valence electrons. The SMILES string of the molecule is C/C=C\C(=O)O[C@@H](C)C(=O)N1CC(=O)Nc2cc(C(F)(F)F)ccc21. The average Bonchev–Trinajstić information content (AvgIpc) is 2.51. The lowest BCUT2D eigenvalue weighted by atomic mass is 10.1. The van der Waals surface area contributed by atoms with E-state index in [4.69, 9.17) is 4.74 Å². The smallest absolute Gasteiger partial charge is 0.416 e. The van der Waals surface area contributed by atoms with Gasteiger partial charge in [-0.15, -0.1) is 0 Å². The maximum atomic E-state index is 12.8. The number of anilines is 2. The van der Waals surface area contributed by atoms with E-state index in [0.717, 1.165) is 29.2 Å². The molecule has 1 atom stereocenters. The third-order valence-corrected chi connectivity index (χ3v) is 3.40. The number of benzene rings is 1. The third kappa shape index (κ3) is 4.17. The van der Waals surface area contributed by atoms with Crippen LogP contribution in [0, 0.1) is 0 Å². The Morgan fingerprint density at radius 3 is 2.64 bits per heavy atom. The molecule has 0 spiro atoms. The predicted molar refractivity (Wildman–Crippen MR) is 82.8 cm³/mol. The zero-order chi connectivity index (χ0) is 18.8. The van der Waals surface area contributed by atoms with Crippen molar-refractivity contribution in [3.05, 3.63) is 35.9 Å². The number of nitrogens with zero attached hydrogens (tertiary/aromatic N) is 1. The van der Waals surface area contributed by atoms with Gasteiger partial charge < -0.3 is 10.1 Å². The molecule has 0 fully saturated rings. The number of esters is 1. The molecule has 1 N–H and O–H groups in total. The van der Waals surface area contributed by atoms with Crippen LogP contribution in [-0.4, -0.2) is 30.4 Å². The maximum Gasteiger partial charge on any atom is 0.416 e. The van der Waals surface area contributed by atoms with E-state index in [9.17, 15) is 27.6 Å². The van der Waals surface area contributed by atoms with Gasteiger partial charge in [0, 0.05) is 6.08 Å². The van der Waals surface area contributed by atoms with E-state index >= 15 is 0 Å². The van der Waals surface area contributed by atoms with Gasteiger partial charge >= 0.3 is 12.1 Å². The first-order valence-corrected chi connectivity index (χ1v) is 7.29. The van der Waals surface area contributed by atoms with Gasteiger partial charge in [0.1, 0.15) is 6.54 Å². The fraction of sp³-hybridized carbons (Fsp3) is 0.312. The number of nitrogens with one attached hydrogen (secondary N) is 1. The summed E-state index contributed by atoms with van der Waals surface area (Å²) in [5, 5.41) is 2.31. The first-order valence-electron chi connectivity index (χ1n) is 7.29. The molecule has 0 aromatic heterocycles. The fourth-order valence-corrected chi connectivity index (χ4v) is 2.28. The number of rotatable bonds is 3. The van der Waals surface area contributed by atoms with Crippen LogP contribution >= 0.6 is 0 Å². The van der Waals surface area contributed by atoms with Gasteiger partial charge in [-0.1, -0.05) is 6.08 Å². The molecule has 1 aromatic rings. The highest BCUT2D eigenvalue weighted by Crippen LogP contribution is 2.37. The molecule has 1 aliphatic heterocycles. The van der Waals surface area contributed by atoms with Crippen LogP contribution < -0.4 is 10.2 Å². The summed E-state index contributed by atoms with van der Waals surface area (Å²) in [4.78, 5) is 36.6. The standard InChI is InChI=1S/C16H15F3N2O4/c1-3-4-14(23)25-9(2)15(24)21-8-13(22)20-11-7-10(16(17,18)19)5-6-12(11)21/h3-7,9H,8H2,1-2H3,(H,20,22)/b4-3-/t9-/m0/s1. The van der Waals surface area contributed by atoms with Gasteiger partial charge in [-0.05, 0) is 32.0 Å². The number of carbonyl (C=O) groups is 3. The Labute approximate surface area is 141 Å². The zero-order valence-electron chi connectivity index (χ0n) is 13.4. The number of halogens is 3. The highest BCUT2D eigenvalue weighted by atomic mass is 19.4. The van der Waals surface area contributed by atoms with E-state index in [-0.39, 0.29) is 17.9 Å². The van der Waals surface area contributed by atoms with Crippen LogP contribution in [0.4, 0.5) is 24.5 Å². The highest BCUT2D eigenvalue weighted by Gasteiger charge is 2.35. The summed E-state index contributed by atoms with van der Waals surface area (Å²) in [5.41, 5.74) is -0.980. The minimum Gasteiger partial charge on any atom is -0.449 e. The van der Waals surface area contributed by atoms with Crippen molar-refractivity contribution in [2.45, 2.75) is 26.1 Å². The Morgan fingerprint density at radius 2 is 2.04 bits per heavy atom. The van der Waals surface area contributed by atoms with Gasteiger partial charge in [-0.2, -0.15) is 13.2 Å². The van der Waals surface area contributed by atoms with E-state index < -0.39 is 35.6 Å². The molecule has 6 nitrogen and oxygen atoms in total. The van der Waals surface area contributed by atoms with Crippen LogP contribution in [0.1, 0.15) is 19.4 Å². The lowest BCUT2D eigenvalue weighted by molar-refractivity contribution is -0.149. The molecule has 0 radical (unpaired) electrons. The second-order valence-electron chi connectivity index (χ2n) is 5.28. The van der Waals surface area contributed by atoms with Crippen molar-refractivity contribution in [1.82, 2.24) is 0 Å². The first-order chi connectivity index (χ1) is 11.6. The van der Waals surface area contributed by atoms with Crippen LogP contribution in [0.2, 0.25) is 0 Å². The van der Waals surface area contributed by atoms with Crippen molar-refractivity contribution >= 4 is 29.2 Å². The Hall–Kier alpha value is -2.84. The summed E-state index contributed by atoms with van der Waals surface area (Å²) in [6, 6.07) is 2.66. The molecule has 1 heterocycles. The molecule has 1 aliphatic rings. The number of fused-ring (bicyclic) bond motifs is 1. The molecule has 0 aliphatic carbocycles. The summed E-state index contributed by atoms with van der Waals surface area (Å²) in [5.74, 6) is -2.10. The topological polar surface area (TPSA) is 75.7 Å². The fourth-order valence-electron chi connectivity index (χ4n) is 2.28.